The van der Waals surface area contributed by atoms with Gasteiger partial charge in [0.05, 0.1) is 0 Å². The molecule has 1 saturated carbocycles. The molecular formula is C13H22O. The smallest absolute Gasteiger partial charge is 0.120 e. The maximum atomic E-state index is 10.4. The first-order valence-electron chi connectivity index (χ1n) is 5.93. The van der Waals surface area contributed by atoms with Crippen LogP contribution in [0.15, 0.2) is 12.7 Å². The third kappa shape index (κ3) is 3.65. The van der Waals surface area contributed by atoms with E-state index in [-0.39, 0.29) is 0 Å². The largest absolute Gasteiger partial charge is 0.303 e. The molecule has 1 fully saturated rings. The first-order valence-corrected chi connectivity index (χ1v) is 5.93. The lowest BCUT2D eigenvalue weighted by atomic mass is 9.77. The van der Waals surface area contributed by atoms with Gasteiger partial charge in [-0.3, -0.25) is 0 Å². The summed E-state index contributed by atoms with van der Waals surface area (Å²) in [6.07, 6.45) is 12.9. The lowest BCUT2D eigenvalue weighted by molar-refractivity contribution is -0.108. The minimum atomic E-state index is 0.720. The second kappa shape index (κ2) is 6.80. The van der Waals surface area contributed by atoms with E-state index < -0.39 is 0 Å². The lowest BCUT2D eigenvalue weighted by Crippen LogP contribution is -2.17. The average Bonchev–Trinajstić information content (AvgIpc) is 2.25. The molecular weight excluding hydrogens is 172 g/mol. The fourth-order valence-corrected chi connectivity index (χ4v) is 2.65. The number of rotatable bonds is 6. The van der Waals surface area contributed by atoms with E-state index in [1.165, 1.54) is 32.1 Å². The molecule has 80 valence electrons. The van der Waals surface area contributed by atoms with Crippen molar-refractivity contribution in [3.63, 3.8) is 0 Å². The summed E-state index contributed by atoms with van der Waals surface area (Å²) in [6, 6.07) is 0. The Hall–Kier alpha value is -0.590. The van der Waals surface area contributed by atoms with Crippen molar-refractivity contribution in [2.24, 2.45) is 11.8 Å². The minimum Gasteiger partial charge on any atom is -0.303 e. The van der Waals surface area contributed by atoms with Crippen LogP contribution in [0.2, 0.25) is 0 Å². The van der Waals surface area contributed by atoms with Crippen molar-refractivity contribution in [1.29, 1.82) is 0 Å². The number of carbonyl (C=O) groups excluding carboxylic acids is 1. The molecule has 0 aromatic rings. The molecule has 14 heavy (non-hydrogen) atoms. The van der Waals surface area contributed by atoms with Crippen LogP contribution in [0.1, 0.15) is 51.4 Å². The first-order chi connectivity index (χ1) is 6.88. The zero-order valence-electron chi connectivity index (χ0n) is 9.08. The molecule has 0 bridgehead atoms. The van der Waals surface area contributed by atoms with Gasteiger partial charge in [0.2, 0.25) is 0 Å². The van der Waals surface area contributed by atoms with Gasteiger partial charge in [-0.1, -0.05) is 38.2 Å². The van der Waals surface area contributed by atoms with Crippen LogP contribution in [0.3, 0.4) is 0 Å². The summed E-state index contributed by atoms with van der Waals surface area (Å²) in [5.41, 5.74) is 0. The molecule has 0 saturated heterocycles. The normalized spacial score (nSPS) is 20.3. The molecule has 0 heterocycles. The van der Waals surface area contributed by atoms with Crippen LogP contribution < -0.4 is 0 Å². The van der Waals surface area contributed by atoms with E-state index in [0.717, 1.165) is 37.4 Å². The molecule has 0 aromatic heterocycles. The Kier molecular flexibility index (Phi) is 5.58. The molecule has 0 spiro atoms. The van der Waals surface area contributed by atoms with Crippen molar-refractivity contribution in [3.8, 4) is 0 Å². The maximum Gasteiger partial charge on any atom is 0.120 e. The molecule has 1 aliphatic carbocycles. The predicted molar refractivity (Wildman–Crippen MR) is 60.2 cm³/mol. The Morgan fingerprint density at radius 3 is 2.57 bits per heavy atom. The van der Waals surface area contributed by atoms with Crippen molar-refractivity contribution in [2.45, 2.75) is 51.4 Å². The standard InChI is InChI=1S/C13H22O/c1-2-7-12(10-6-11-14)13-8-4-3-5-9-13/h2,11-13H,1,3-10H2. The van der Waals surface area contributed by atoms with Gasteiger partial charge in [-0.25, -0.2) is 0 Å². The van der Waals surface area contributed by atoms with Gasteiger partial charge in [0.1, 0.15) is 6.29 Å². The van der Waals surface area contributed by atoms with Crippen LogP contribution in [-0.4, -0.2) is 6.29 Å². The second-order valence-electron chi connectivity index (χ2n) is 4.43. The average molecular weight is 194 g/mol. The molecule has 0 N–H and O–H groups in total. The lowest BCUT2D eigenvalue weighted by Gasteiger charge is -2.29. The van der Waals surface area contributed by atoms with Crippen molar-refractivity contribution in [1.82, 2.24) is 0 Å². The quantitative estimate of drug-likeness (QED) is 0.465. The van der Waals surface area contributed by atoms with Crippen LogP contribution in [0.4, 0.5) is 0 Å². The summed E-state index contributed by atoms with van der Waals surface area (Å²) in [4.78, 5) is 10.4. The van der Waals surface area contributed by atoms with Crippen LogP contribution >= 0.6 is 0 Å². The second-order valence-corrected chi connectivity index (χ2v) is 4.43. The minimum absolute atomic E-state index is 0.720. The Bertz CT molecular complexity index is 168. The van der Waals surface area contributed by atoms with E-state index in [1.807, 2.05) is 6.08 Å². The number of allylic oxidation sites excluding steroid dienone is 1. The molecule has 1 nitrogen and oxygen atoms in total. The number of aldehydes is 1. The van der Waals surface area contributed by atoms with Crippen molar-refractivity contribution >= 4 is 6.29 Å². The third-order valence-electron chi connectivity index (χ3n) is 3.44. The summed E-state index contributed by atoms with van der Waals surface area (Å²) in [6.45, 7) is 3.82. The molecule has 0 aromatic carbocycles. The van der Waals surface area contributed by atoms with E-state index in [2.05, 4.69) is 6.58 Å². The number of carbonyl (C=O) groups is 1. The van der Waals surface area contributed by atoms with Gasteiger partial charge in [-0.05, 0) is 24.7 Å². The summed E-state index contributed by atoms with van der Waals surface area (Å²) in [7, 11) is 0. The van der Waals surface area contributed by atoms with E-state index in [9.17, 15) is 4.79 Å². The van der Waals surface area contributed by atoms with Crippen LogP contribution in [0.5, 0.6) is 0 Å². The highest BCUT2D eigenvalue weighted by atomic mass is 16.1. The Labute approximate surface area is 87.6 Å². The van der Waals surface area contributed by atoms with E-state index >= 15 is 0 Å². The van der Waals surface area contributed by atoms with Gasteiger partial charge in [0.25, 0.3) is 0 Å². The van der Waals surface area contributed by atoms with Gasteiger partial charge in [0, 0.05) is 6.42 Å². The fraction of sp³-hybridized carbons (Fsp3) is 0.769. The van der Waals surface area contributed by atoms with E-state index in [4.69, 9.17) is 0 Å². The SMILES string of the molecule is C=CCC(CCC=O)C1CCCCC1. The van der Waals surface area contributed by atoms with Crippen molar-refractivity contribution in [2.75, 3.05) is 0 Å². The predicted octanol–water partition coefficient (Wildman–Crippen LogP) is 3.74. The van der Waals surface area contributed by atoms with Gasteiger partial charge in [-0.15, -0.1) is 6.58 Å². The summed E-state index contributed by atoms with van der Waals surface area (Å²) in [5, 5.41) is 0. The van der Waals surface area contributed by atoms with Gasteiger partial charge < -0.3 is 4.79 Å². The van der Waals surface area contributed by atoms with Gasteiger partial charge >= 0.3 is 0 Å². The van der Waals surface area contributed by atoms with Crippen LogP contribution in [0.25, 0.3) is 0 Å². The number of hydrogen-bond acceptors (Lipinski definition) is 1. The molecule has 0 aliphatic heterocycles. The highest BCUT2D eigenvalue weighted by Gasteiger charge is 2.21. The third-order valence-corrected chi connectivity index (χ3v) is 3.44. The Balaban J connectivity index is 2.37. The topological polar surface area (TPSA) is 17.1 Å². The monoisotopic (exact) mass is 194 g/mol. The molecule has 1 aliphatic rings. The molecule has 0 radical (unpaired) electrons. The Morgan fingerprint density at radius 1 is 1.29 bits per heavy atom. The van der Waals surface area contributed by atoms with Crippen LogP contribution in [-0.2, 0) is 4.79 Å². The molecule has 1 unspecified atom stereocenters. The Morgan fingerprint density at radius 2 is 2.00 bits per heavy atom. The highest BCUT2D eigenvalue weighted by molar-refractivity contribution is 5.49. The van der Waals surface area contributed by atoms with E-state index in [0.29, 0.717) is 0 Å². The highest BCUT2D eigenvalue weighted by Crippen LogP contribution is 2.34. The molecule has 1 atom stereocenters. The van der Waals surface area contributed by atoms with Crippen molar-refractivity contribution < 1.29 is 4.79 Å². The van der Waals surface area contributed by atoms with Crippen LogP contribution in [0, 0.1) is 11.8 Å². The molecule has 1 rings (SSSR count). The fourth-order valence-electron chi connectivity index (χ4n) is 2.65. The van der Waals surface area contributed by atoms with Gasteiger partial charge in [-0.2, -0.15) is 0 Å². The summed E-state index contributed by atoms with van der Waals surface area (Å²) in [5.74, 6) is 1.58. The zero-order valence-corrected chi connectivity index (χ0v) is 9.08. The maximum absolute atomic E-state index is 10.4. The number of hydrogen-bond donors (Lipinski definition) is 0. The summed E-state index contributed by atoms with van der Waals surface area (Å²) >= 11 is 0. The molecule has 0 amide bonds. The van der Waals surface area contributed by atoms with Gasteiger partial charge in [0.15, 0.2) is 0 Å². The summed E-state index contributed by atoms with van der Waals surface area (Å²) < 4.78 is 0. The van der Waals surface area contributed by atoms with E-state index in [1.54, 1.807) is 0 Å². The van der Waals surface area contributed by atoms with Crippen molar-refractivity contribution in [3.05, 3.63) is 12.7 Å². The zero-order chi connectivity index (χ0) is 10.2. The molecule has 1 heteroatoms. The first kappa shape index (κ1) is 11.5.